The minimum atomic E-state index is 0.653. The van der Waals surface area contributed by atoms with Crippen molar-refractivity contribution >= 4 is 17.1 Å². The number of benzene rings is 2. The first-order valence-electron chi connectivity index (χ1n) is 8.42. The van der Waals surface area contributed by atoms with E-state index in [2.05, 4.69) is 53.1 Å². The Morgan fingerprint density at radius 1 is 1.00 bits per heavy atom. The Morgan fingerprint density at radius 2 is 1.74 bits per heavy atom. The Balaban J connectivity index is 1.77. The highest BCUT2D eigenvalue weighted by Gasteiger charge is 2.33. The highest BCUT2D eigenvalue weighted by molar-refractivity contribution is 5.83. The van der Waals surface area contributed by atoms with E-state index in [1.54, 1.807) is 0 Å². The fourth-order valence-corrected chi connectivity index (χ4v) is 3.94. The van der Waals surface area contributed by atoms with Crippen molar-refractivity contribution in [2.24, 2.45) is 0 Å². The summed E-state index contributed by atoms with van der Waals surface area (Å²) in [7, 11) is 0. The summed E-state index contributed by atoms with van der Waals surface area (Å²) in [6.07, 6.45) is 5.26. The van der Waals surface area contributed by atoms with Crippen molar-refractivity contribution in [3.8, 4) is 6.07 Å². The van der Waals surface area contributed by atoms with E-state index < -0.39 is 0 Å². The summed E-state index contributed by atoms with van der Waals surface area (Å²) in [6.45, 7) is 3.01. The Hall–Kier alpha value is -2.47. The third kappa shape index (κ3) is 2.35. The van der Waals surface area contributed by atoms with Gasteiger partial charge in [-0.15, -0.1) is 0 Å². The molecule has 1 aliphatic heterocycles. The van der Waals surface area contributed by atoms with Crippen molar-refractivity contribution in [2.75, 3.05) is 16.5 Å². The summed E-state index contributed by atoms with van der Waals surface area (Å²) in [6, 6.07) is 17.6. The van der Waals surface area contributed by atoms with Crippen molar-refractivity contribution in [3.63, 3.8) is 0 Å². The second-order valence-electron chi connectivity index (χ2n) is 6.58. The number of anilines is 3. The second kappa shape index (κ2) is 5.62. The fourth-order valence-electron chi connectivity index (χ4n) is 3.94. The first kappa shape index (κ1) is 14.1. The molecule has 0 aromatic heterocycles. The molecular formula is C20H21N3. The van der Waals surface area contributed by atoms with Gasteiger partial charge in [0, 0.05) is 11.7 Å². The molecule has 1 fully saturated rings. The standard InChI is InChI=1S/C20H21N3/c1-15-10-11-16(13-21)12-20(15)23-14-22(17-6-2-3-7-17)18-8-4-5-9-19(18)23/h4-5,8-12,17H,2-3,6-7,14H2,1H3. The van der Waals surface area contributed by atoms with Gasteiger partial charge in [0.2, 0.25) is 0 Å². The molecule has 23 heavy (non-hydrogen) atoms. The van der Waals surface area contributed by atoms with E-state index in [-0.39, 0.29) is 0 Å². The van der Waals surface area contributed by atoms with Crippen LogP contribution in [0.1, 0.15) is 36.8 Å². The van der Waals surface area contributed by atoms with Gasteiger partial charge in [-0.2, -0.15) is 5.26 Å². The van der Waals surface area contributed by atoms with Crippen LogP contribution in [-0.2, 0) is 0 Å². The van der Waals surface area contributed by atoms with Gasteiger partial charge in [-0.25, -0.2) is 0 Å². The molecule has 3 heteroatoms. The molecule has 0 bridgehead atoms. The molecule has 0 saturated heterocycles. The molecule has 1 saturated carbocycles. The third-order valence-electron chi connectivity index (χ3n) is 5.17. The van der Waals surface area contributed by atoms with E-state index in [1.165, 1.54) is 42.6 Å². The molecule has 1 aliphatic carbocycles. The Kier molecular flexibility index (Phi) is 3.46. The molecule has 1 heterocycles. The van der Waals surface area contributed by atoms with E-state index in [4.69, 9.17) is 0 Å². The van der Waals surface area contributed by atoms with Crippen LogP contribution >= 0.6 is 0 Å². The van der Waals surface area contributed by atoms with Crippen LogP contribution in [0.25, 0.3) is 0 Å². The summed E-state index contributed by atoms with van der Waals surface area (Å²) < 4.78 is 0. The predicted octanol–water partition coefficient (Wildman–Crippen LogP) is 4.72. The van der Waals surface area contributed by atoms with Crippen LogP contribution in [0.4, 0.5) is 17.1 Å². The summed E-state index contributed by atoms with van der Waals surface area (Å²) >= 11 is 0. The number of hydrogen-bond donors (Lipinski definition) is 0. The zero-order valence-electron chi connectivity index (χ0n) is 13.5. The highest BCUT2D eigenvalue weighted by atomic mass is 15.4. The minimum absolute atomic E-state index is 0.653. The number of rotatable bonds is 2. The van der Waals surface area contributed by atoms with Gasteiger partial charge in [-0.3, -0.25) is 0 Å². The van der Waals surface area contributed by atoms with Gasteiger partial charge in [-0.1, -0.05) is 31.0 Å². The molecule has 0 N–H and O–H groups in total. The van der Waals surface area contributed by atoms with Crippen molar-refractivity contribution in [2.45, 2.75) is 38.6 Å². The lowest BCUT2D eigenvalue weighted by Gasteiger charge is -2.28. The average molecular weight is 303 g/mol. The number of para-hydroxylation sites is 2. The SMILES string of the molecule is Cc1ccc(C#N)cc1N1CN(C2CCCC2)c2ccccc21. The van der Waals surface area contributed by atoms with E-state index >= 15 is 0 Å². The van der Waals surface area contributed by atoms with Crippen molar-refractivity contribution in [1.29, 1.82) is 5.26 Å². The number of aryl methyl sites for hydroxylation is 1. The Morgan fingerprint density at radius 3 is 2.48 bits per heavy atom. The first-order chi connectivity index (χ1) is 11.3. The van der Waals surface area contributed by atoms with Gasteiger partial charge in [0.25, 0.3) is 0 Å². The summed E-state index contributed by atoms with van der Waals surface area (Å²) in [4.78, 5) is 4.92. The van der Waals surface area contributed by atoms with Gasteiger partial charge in [-0.05, 0) is 49.6 Å². The van der Waals surface area contributed by atoms with Crippen LogP contribution in [0.2, 0.25) is 0 Å². The molecule has 4 rings (SSSR count). The zero-order valence-corrected chi connectivity index (χ0v) is 13.5. The lowest BCUT2D eigenvalue weighted by molar-refractivity contribution is 0.625. The normalized spacial score (nSPS) is 17.4. The number of nitrogens with zero attached hydrogens (tertiary/aromatic N) is 3. The molecule has 116 valence electrons. The topological polar surface area (TPSA) is 30.3 Å². The zero-order chi connectivity index (χ0) is 15.8. The molecule has 0 amide bonds. The fraction of sp³-hybridized carbons (Fsp3) is 0.350. The summed E-state index contributed by atoms with van der Waals surface area (Å²) in [5.74, 6) is 0. The second-order valence-corrected chi connectivity index (χ2v) is 6.58. The number of hydrogen-bond acceptors (Lipinski definition) is 3. The summed E-state index contributed by atoms with van der Waals surface area (Å²) in [5.41, 5.74) is 5.69. The molecule has 3 nitrogen and oxygen atoms in total. The van der Waals surface area contributed by atoms with Crippen LogP contribution in [-0.4, -0.2) is 12.7 Å². The van der Waals surface area contributed by atoms with Crippen LogP contribution in [0.15, 0.2) is 42.5 Å². The highest BCUT2D eigenvalue weighted by Crippen LogP contribution is 2.44. The van der Waals surface area contributed by atoms with E-state index in [1.807, 2.05) is 12.1 Å². The molecule has 0 atom stereocenters. The number of nitriles is 1. The van der Waals surface area contributed by atoms with Crippen LogP contribution in [0.3, 0.4) is 0 Å². The van der Waals surface area contributed by atoms with Crippen LogP contribution < -0.4 is 9.80 Å². The molecule has 0 radical (unpaired) electrons. The van der Waals surface area contributed by atoms with Gasteiger partial charge in [0.1, 0.15) is 0 Å². The Labute approximate surface area is 137 Å². The van der Waals surface area contributed by atoms with Crippen LogP contribution in [0.5, 0.6) is 0 Å². The van der Waals surface area contributed by atoms with E-state index in [0.717, 1.165) is 17.9 Å². The average Bonchev–Trinajstić information content (AvgIpc) is 3.23. The minimum Gasteiger partial charge on any atom is -0.349 e. The molecule has 2 aliphatic rings. The lowest BCUT2D eigenvalue weighted by Crippen LogP contribution is -2.35. The maximum atomic E-state index is 9.24. The van der Waals surface area contributed by atoms with Gasteiger partial charge >= 0.3 is 0 Å². The lowest BCUT2D eigenvalue weighted by atomic mass is 10.1. The van der Waals surface area contributed by atoms with Gasteiger partial charge in [0.15, 0.2) is 0 Å². The largest absolute Gasteiger partial charge is 0.349 e. The Bertz CT molecular complexity index is 769. The maximum Gasteiger partial charge on any atom is 0.0992 e. The number of fused-ring (bicyclic) bond motifs is 1. The van der Waals surface area contributed by atoms with Crippen LogP contribution in [0, 0.1) is 18.3 Å². The van der Waals surface area contributed by atoms with Crippen molar-refractivity contribution in [3.05, 3.63) is 53.6 Å². The summed E-state index contributed by atoms with van der Waals surface area (Å²) in [5, 5.41) is 9.24. The van der Waals surface area contributed by atoms with E-state index in [0.29, 0.717) is 6.04 Å². The van der Waals surface area contributed by atoms with Gasteiger partial charge < -0.3 is 9.80 Å². The maximum absolute atomic E-state index is 9.24. The molecule has 0 unspecified atom stereocenters. The third-order valence-corrected chi connectivity index (χ3v) is 5.17. The van der Waals surface area contributed by atoms with Crippen molar-refractivity contribution < 1.29 is 0 Å². The molecule has 0 spiro atoms. The molecule has 2 aromatic carbocycles. The van der Waals surface area contributed by atoms with E-state index in [9.17, 15) is 5.26 Å². The quantitative estimate of drug-likeness (QED) is 0.804. The van der Waals surface area contributed by atoms with Crippen molar-refractivity contribution in [1.82, 2.24) is 0 Å². The monoisotopic (exact) mass is 303 g/mol. The predicted molar refractivity (Wildman–Crippen MR) is 94.1 cm³/mol. The van der Waals surface area contributed by atoms with Gasteiger partial charge in [0.05, 0.1) is 29.7 Å². The first-order valence-corrected chi connectivity index (χ1v) is 8.42. The molecule has 2 aromatic rings. The smallest absolute Gasteiger partial charge is 0.0992 e. The molecular weight excluding hydrogens is 282 g/mol.